The minimum Gasteiger partial charge on any atom is -0.497 e. The van der Waals surface area contributed by atoms with E-state index in [-0.39, 0.29) is 0 Å². The van der Waals surface area contributed by atoms with Crippen LogP contribution in [-0.2, 0) is 14.3 Å². The third-order valence-corrected chi connectivity index (χ3v) is 4.25. The highest BCUT2D eigenvalue weighted by molar-refractivity contribution is 5.97. The van der Waals surface area contributed by atoms with Crippen molar-refractivity contribution in [3.63, 3.8) is 0 Å². The minimum atomic E-state index is -0.767. The second-order valence-electron chi connectivity index (χ2n) is 6.49. The zero-order valence-corrected chi connectivity index (χ0v) is 19.1. The molecular formula is C23H28N2O8. The average molecular weight is 460 g/mol. The molecule has 2 rings (SSSR count). The van der Waals surface area contributed by atoms with Crippen LogP contribution in [-0.4, -0.2) is 58.4 Å². The van der Waals surface area contributed by atoms with Crippen molar-refractivity contribution in [2.24, 2.45) is 0 Å². The molecule has 178 valence electrons. The van der Waals surface area contributed by atoms with E-state index >= 15 is 0 Å². The summed E-state index contributed by atoms with van der Waals surface area (Å²) in [6.07, 6.45) is 0. The molecule has 0 aliphatic rings. The van der Waals surface area contributed by atoms with E-state index in [1.165, 1.54) is 20.3 Å². The Kier molecular flexibility index (Phi) is 9.81. The van der Waals surface area contributed by atoms with Gasteiger partial charge in [0, 0.05) is 11.6 Å². The minimum absolute atomic E-state index is 0.291. The molecule has 0 aromatic heterocycles. The summed E-state index contributed by atoms with van der Waals surface area (Å²) in [4.78, 5) is 36.4. The highest BCUT2D eigenvalue weighted by atomic mass is 16.5. The smallest absolute Gasteiger partial charge is 0.325 e. The van der Waals surface area contributed by atoms with Gasteiger partial charge in [0.2, 0.25) is 0 Å². The van der Waals surface area contributed by atoms with Crippen LogP contribution in [0.4, 0.5) is 5.69 Å². The number of anilines is 1. The van der Waals surface area contributed by atoms with Gasteiger partial charge in [0.25, 0.3) is 11.8 Å². The second-order valence-corrected chi connectivity index (χ2v) is 6.49. The monoisotopic (exact) mass is 460 g/mol. The van der Waals surface area contributed by atoms with E-state index in [4.69, 9.17) is 23.7 Å². The number of amides is 2. The van der Waals surface area contributed by atoms with E-state index in [9.17, 15) is 14.4 Å². The topological polar surface area (TPSA) is 121 Å². The molecule has 2 N–H and O–H groups in total. The van der Waals surface area contributed by atoms with Crippen molar-refractivity contribution in [2.75, 3.05) is 45.9 Å². The van der Waals surface area contributed by atoms with Crippen LogP contribution in [0.15, 0.2) is 36.4 Å². The van der Waals surface area contributed by atoms with Gasteiger partial charge >= 0.3 is 5.97 Å². The van der Waals surface area contributed by atoms with Crippen molar-refractivity contribution in [3.8, 4) is 23.0 Å². The summed E-state index contributed by atoms with van der Waals surface area (Å²) in [6.45, 7) is 3.59. The Labute approximate surface area is 192 Å². The van der Waals surface area contributed by atoms with Crippen LogP contribution in [0, 0.1) is 0 Å². The first kappa shape index (κ1) is 25.3. The molecule has 0 unspecified atom stereocenters. The molecule has 0 fully saturated rings. The van der Waals surface area contributed by atoms with E-state index in [1.807, 2.05) is 13.8 Å². The average Bonchev–Trinajstić information content (AvgIpc) is 2.82. The lowest BCUT2D eigenvalue weighted by atomic mass is 10.2. The number of carbonyl (C=O) groups excluding carboxylic acids is 3. The van der Waals surface area contributed by atoms with Gasteiger partial charge in [-0.3, -0.25) is 14.4 Å². The summed E-state index contributed by atoms with van der Waals surface area (Å²) >= 11 is 0. The predicted molar refractivity (Wildman–Crippen MR) is 120 cm³/mol. The van der Waals surface area contributed by atoms with E-state index in [2.05, 4.69) is 10.6 Å². The summed E-state index contributed by atoms with van der Waals surface area (Å²) in [7, 11) is 2.97. The van der Waals surface area contributed by atoms with Gasteiger partial charge in [-0.1, -0.05) is 0 Å². The van der Waals surface area contributed by atoms with Gasteiger partial charge in [-0.25, -0.2) is 0 Å². The second kappa shape index (κ2) is 12.8. The highest BCUT2D eigenvalue weighted by Crippen LogP contribution is 2.29. The molecule has 0 heterocycles. The van der Waals surface area contributed by atoms with Crippen LogP contribution in [0.2, 0.25) is 0 Å². The van der Waals surface area contributed by atoms with Crippen LogP contribution < -0.4 is 29.6 Å². The number of hydrogen-bond donors (Lipinski definition) is 2. The Morgan fingerprint density at radius 3 is 2.24 bits per heavy atom. The van der Waals surface area contributed by atoms with Crippen LogP contribution in [0.3, 0.4) is 0 Å². The summed E-state index contributed by atoms with van der Waals surface area (Å²) in [5, 5.41) is 5.03. The van der Waals surface area contributed by atoms with Gasteiger partial charge in [0.05, 0.1) is 33.1 Å². The van der Waals surface area contributed by atoms with Gasteiger partial charge in [-0.05, 0) is 44.2 Å². The van der Waals surface area contributed by atoms with Crippen molar-refractivity contribution in [1.29, 1.82) is 0 Å². The summed E-state index contributed by atoms with van der Waals surface area (Å²) in [6, 6.07) is 9.58. The molecule has 10 nitrogen and oxygen atoms in total. The number of methoxy groups -OCH3 is 2. The molecular weight excluding hydrogens is 432 g/mol. The number of carbonyl (C=O) groups is 3. The molecule has 2 amide bonds. The number of benzene rings is 2. The first-order valence-electron chi connectivity index (χ1n) is 10.3. The Morgan fingerprint density at radius 1 is 0.848 bits per heavy atom. The maximum absolute atomic E-state index is 12.4. The van der Waals surface area contributed by atoms with Gasteiger partial charge in [0.15, 0.2) is 18.1 Å². The molecule has 33 heavy (non-hydrogen) atoms. The molecule has 0 radical (unpaired) electrons. The van der Waals surface area contributed by atoms with E-state index < -0.39 is 30.9 Å². The zero-order chi connectivity index (χ0) is 24.2. The number of esters is 1. The lowest BCUT2D eigenvalue weighted by Gasteiger charge is -2.13. The lowest BCUT2D eigenvalue weighted by Crippen LogP contribution is -2.32. The Bertz CT molecular complexity index is 977. The molecule has 0 bridgehead atoms. The standard InChI is InChI=1S/C23H28N2O8/c1-5-31-18-10-7-15(11-20(18)32-6-2)23(28)24-13-22(27)33-14-21(26)25-17-9-8-16(29-3)12-19(17)30-4/h7-12H,5-6,13-14H2,1-4H3,(H,24,28)(H,25,26). The Balaban J connectivity index is 1.85. The van der Waals surface area contributed by atoms with E-state index in [0.717, 1.165) is 0 Å². The van der Waals surface area contributed by atoms with Gasteiger partial charge in [-0.15, -0.1) is 0 Å². The lowest BCUT2D eigenvalue weighted by molar-refractivity contribution is -0.146. The fourth-order valence-electron chi connectivity index (χ4n) is 2.73. The fraction of sp³-hybridized carbons (Fsp3) is 0.348. The molecule has 0 saturated heterocycles. The van der Waals surface area contributed by atoms with Crippen molar-refractivity contribution in [3.05, 3.63) is 42.0 Å². The SMILES string of the molecule is CCOc1ccc(C(=O)NCC(=O)OCC(=O)Nc2ccc(OC)cc2OC)cc1OCC. The van der Waals surface area contributed by atoms with Crippen LogP contribution >= 0.6 is 0 Å². The molecule has 0 atom stereocenters. The van der Waals surface area contributed by atoms with Crippen molar-refractivity contribution in [2.45, 2.75) is 13.8 Å². The molecule has 0 saturated carbocycles. The Hall–Kier alpha value is -3.95. The first-order valence-corrected chi connectivity index (χ1v) is 10.3. The van der Waals surface area contributed by atoms with Crippen molar-refractivity contribution < 1.29 is 38.1 Å². The highest BCUT2D eigenvalue weighted by Gasteiger charge is 2.15. The van der Waals surface area contributed by atoms with Gasteiger partial charge in [-0.2, -0.15) is 0 Å². The zero-order valence-electron chi connectivity index (χ0n) is 19.1. The quantitative estimate of drug-likeness (QED) is 0.463. The number of hydrogen-bond acceptors (Lipinski definition) is 8. The third-order valence-electron chi connectivity index (χ3n) is 4.25. The molecule has 2 aromatic carbocycles. The van der Waals surface area contributed by atoms with Crippen molar-refractivity contribution >= 4 is 23.5 Å². The molecule has 10 heteroatoms. The number of nitrogens with one attached hydrogen (secondary N) is 2. The number of ether oxygens (including phenoxy) is 5. The molecule has 2 aromatic rings. The maximum Gasteiger partial charge on any atom is 0.325 e. The maximum atomic E-state index is 12.4. The fourth-order valence-corrected chi connectivity index (χ4v) is 2.73. The molecule has 0 aliphatic heterocycles. The van der Waals surface area contributed by atoms with Gasteiger partial charge < -0.3 is 34.3 Å². The first-order chi connectivity index (χ1) is 15.9. The number of rotatable bonds is 12. The van der Waals surface area contributed by atoms with Gasteiger partial charge in [0.1, 0.15) is 18.0 Å². The Morgan fingerprint density at radius 2 is 1.58 bits per heavy atom. The molecule has 0 spiro atoms. The third kappa shape index (κ3) is 7.60. The predicted octanol–water partition coefficient (Wildman–Crippen LogP) is 2.41. The van der Waals surface area contributed by atoms with Crippen LogP contribution in [0.5, 0.6) is 23.0 Å². The van der Waals surface area contributed by atoms with E-state index in [1.54, 1.807) is 30.3 Å². The summed E-state index contributed by atoms with van der Waals surface area (Å²) < 4.78 is 26.2. The van der Waals surface area contributed by atoms with Crippen LogP contribution in [0.1, 0.15) is 24.2 Å². The summed E-state index contributed by atoms with van der Waals surface area (Å²) in [5.41, 5.74) is 0.687. The van der Waals surface area contributed by atoms with Crippen molar-refractivity contribution in [1.82, 2.24) is 5.32 Å². The normalized spacial score (nSPS) is 10.1. The summed E-state index contributed by atoms with van der Waals surface area (Å²) in [5.74, 6) is 0.0801. The largest absolute Gasteiger partial charge is 0.497 e. The van der Waals surface area contributed by atoms with E-state index in [0.29, 0.717) is 47.5 Å². The van der Waals surface area contributed by atoms with Crippen LogP contribution in [0.25, 0.3) is 0 Å². The molecule has 0 aliphatic carbocycles.